The minimum Gasteiger partial charge on any atom is -0.395 e. The summed E-state index contributed by atoms with van der Waals surface area (Å²) in [5, 5.41) is 13.0. The van der Waals surface area contributed by atoms with Gasteiger partial charge in [-0.3, -0.25) is 0 Å². The SMILES string of the molecule is CC1CCC(NC(CO)CC(C)(C)C)C1. The molecule has 0 radical (unpaired) electrons. The van der Waals surface area contributed by atoms with E-state index in [0.717, 1.165) is 12.3 Å². The molecule has 0 saturated heterocycles. The van der Waals surface area contributed by atoms with Crippen LogP contribution in [0.1, 0.15) is 53.4 Å². The third-order valence-electron chi connectivity index (χ3n) is 3.25. The van der Waals surface area contributed by atoms with E-state index in [1.165, 1.54) is 19.3 Å². The Labute approximate surface area is 94.5 Å². The van der Waals surface area contributed by atoms with E-state index in [0.29, 0.717) is 11.5 Å². The number of aliphatic hydroxyl groups is 1. The van der Waals surface area contributed by atoms with Gasteiger partial charge in [0.1, 0.15) is 0 Å². The molecule has 1 saturated carbocycles. The van der Waals surface area contributed by atoms with Crippen molar-refractivity contribution in [2.45, 2.75) is 65.5 Å². The Morgan fingerprint density at radius 3 is 2.40 bits per heavy atom. The minimum absolute atomic E-state index is 0.266. The van der Waals surface area contributed by atoms with E-state index in [-0.39, 0.29) is 12.6 Å². The molecule has 3 unspecified atom stereocenters. The number of hydrogen-bond acceptors (Lipinski definition) is 2. The summed E-state index contributed by atoms with van der Waals surface area (Å²) in [6.45, 7) is 9.28. The Kier molecular flexibility index (Phi) is 4.60. The first-order valence-corrected chi connectivity index (χ1v) is 6.27. The highest BCUT2D eigenvalue weighted by Gasteiger charge is 2.25. The minimum atomic E-state index is 0.266. The summed E-state index contributed by atoms with van der Waals surface area (Å²) in [6.07, 6.45) is 4.95. The molecule has 0 aromatic heterocycles. The van der Waals surface area contributed by atoms with E-state index >= 15 is 0 Å². The standard InChI is InChI=1S/C13H27NO/c1-10-5-6-11(7-10)14-12(9-15)8-13(2,3)4/h10-12,14-15H,5-9H2,1-4H3. The summed E-state index contributed by atoms with van der Waals surface area (Å²) in [6, 6.07) is 0.916. The maximum atomic E-state index is 9.35. The van der Waals surface area contributed by atoms with Crippen LogP contribution in [0, 0.1) is 11.3 Å². The van der Waals surface area contributed by atoms with Gasteiger partial charge in [-0.05, 0) is 37.0 Å². The van der Waals surface area contributed by atoms with Crippen LogP contribution in [0.4, 0.5) is 0 Å². The highest BCUT2D eigenvalue weighted by molar-refractivity contribution is 4.83. The third-order valence-corrected chi connectivity index (χ3v) is 3.25. The Hall–Kier alpha value is -0.0800. The lowest BCUT2D eigenvalue weighted by atomic mass is 9.88. The van der Waals surface area contributed by atoms with Gasteiger partial charge in [0, 0.05) is 12.1 Å². The second kappa shape index (κ2) is 5.31. The first-order chi connectivity index (χ1) is 6.90. The lowest BCUT2D eigenvalue weighted by Crippen LogP contribution is -2.41. The highest BCUT2D eigenvalue weighted by Crippen LogP contribution is 2.27. The molecule has 0 aromatic rings. The van der Waals surface area contributed by atoms with Gasteiger partial charge in [-0.15, -0.1) is 0 Å². The van der Waals surface area contributed by atoms with Gasteiger partial charge in [-0.2, -0.15) is 0 Å². The van der Waals surface area contributed by atoms with Gasteiger partial charge in [0.05, 0.1) is 6.61 Å². The maximum Gasteiger partial charge on any atom is 0.0584 e. The lowest BCUT2D eigenvalue weighted by molar-refractivity contribution is 0.188. The number of aliphatic hydroxyl groups excluding tert-OH is 1. The molecule has 1 aliphatic rings. The van der Waals surface area contributed by atoms with Crippen molar-refractivity contribution < 1.29 is 5.11 Å². The largest absolute Gasteiger partial charge is 0.395 e. The topological polar surface area (TPSA) is 32.3 Å². The molecule has 0 bridgehead atoms. The van der Waals surface area contributed by atoms with Crippen molar-refractivity contribution in [1.82, 2.24) is 5.32 Å². The van der Waals surface area contributed by atoms with Crippen LogP contribution in [0.2, 0.25) is 0 Å². The molecule has 0 spiro atoms. The maximum absolute atomic E-state index is 9.35. The van der Waals surface area contributed by atoms with Crippen molar-refractivity contribution in [2.24, 2.45) is 11.3 Å². The number of hydrogen-bond donors (Lipinski definition) is 2. The van der Waals surface area contributed by atoms with Crippen LogP contribution in [0.5, 0.6) is 0 Å². The molecule has 2 N–H and O–H groups in total. The zero-order valence-corrected chi connectivity index (χ0v) is 10.7. The molecule has 0 aliphatic heterocycles. The zero-order chi connectivity index (χ0) is 11.5. The Balaban J connectivity index is 2.33. The first kappa shape index (κ1) is 13.0. The fraction of sp³-hybridized carbons (Fsp3) is 1.00. The molecule has 1 fully saturated rings. The average molecular weight is 213 g/mol. The summed E-state index contributed by atoms with van der Waals surface area (Å²) < 4.78 is 0. The van der Waals surface area contributed by atoms with E-state index in [4.69, 9.17) is 0 Å². The van der Waals surface area contributed by atoms with Crippen molar-refractivity contribution in [2.75, 3.05) is 6.61 Å². The lowest BCUT2D eigenvalue weighted by Gasteiger charge is -2.28. The van der Waals surface area contributed by atoms with E-state index < -0.39 is 0 Å². The van der Waals surface area contributed by atoms with Crippen LogP contribution < -0.4 is 5.32 Å². The Morgan fingerprint density at radius 2 is 2.00 bits per heavy atom. The molecule has 3 atom stereocenters. The first-order valence-electron chi connectivity index (χ1n) is 6.27. The van der Waals surface area contributed by atoms with E-state index in [9.17, 15) is 5.11 Å². The quantitative estimate of drug-likeness (QED) is 0.752. The predicted octanol–water partition coefficient (Wildman–Crippen LogP) is 2.56. The molecular formula is C13H27NO. The fourth-order valence-corrected chi connectivity index (χ4v) is 2.61. The van der Waals surface area contributed by atoms with Crippen molar-refractivity contribution >= 4 is 0 Å². The van der Waals surface area contributed by atoms with Crippen molar-refractivity contribution in [3.63, 3.8) is 0 Å². The number of rotatable bonds is 4. The molecule has 0 amide bonds. The summed E-state index contributed by atoms with van der Waals surface area (Å²) in [5.74, 6) is 0.858. The van der Waals surface area contributed by atoms with Crippen molar-refractivity contribution in [3.05, 3.63) is 0 Å². The Bertz CT molecular complexity index is 185. The third kappa shape index (κ3) is 4.98. The van der Waals surface area contributed by atoms with E-state index in [2.05, 4.69) is 33.0 Å². The number of nitrogens with one attached hydrogen (secondary N) is 1. The highest BCUT2D eigenvalue weighted by atomic mass is 16.3. The van der Waals surface area contributed by atoms with Crippen LogP contribution in [0.25, 0.3) is 0 Å². The monoisotopic (exact) mass is 213 g/mol. The molecule has 2 heteroatoms. The second-order valence-electron chi connectivity index (χ2n) is 6.43. The van der Waals surface area contributed by atoms with E-state index in [1.807, 2.05) is 0 Å². The molecule has 90 valence electrons. The zero-order valence-electron chi connectivity index (χ0n) is 10.7. The second-order valence-corrected chi connectivity index (χ2v) is 6.43. The van der Waals surface area contributed by atoms with Gasteiger partial charge in [-0.1, -0.05) is 27.7 Å². The van der Waals surface area contributed by atoms with Crippen LogP contribution in [-0.4, -0.2) is 23.8 Å². The van der Waals surface area contributed by atoms with Crippen LogP contribution >= 0.6 is 0 Å². The van der Waals surface area contributed by atoms with Crippen molar-refractivity contribution in [1.29, 1.82) is 0 Å². The van der Waals surface area contributed by atoms with Gasteiger partial charge >= 0.3 is 0 Å². The summed E-state index contributed by atoms with van der Waals surface area (Å²) in [7, 11) is 0. The predicted molar refractivity (Wildman–Crippen MR) is 64.9 cm³/mol. The molecule has 1 rings (SSSR count). The van der Waals surface area contributed by atoms with E-state index in [1.54, 1.807) is 0 Å². The molecule has 0 heterocycles. The van der Waals surface area contributed by atoms with Gasteiger partial charge in [-0.25, -0.2) is 0 Å². The van der Waals surface area contributed by atoms with Gasteiger partial charge in [0.25, 0.3) is 0 Å². The van der Waals surface area contributed by atoms with Gasteiger partial charge in [0.2, 0.25) is 0 Å². The Morgan fingerprint density at radius 1 is 1.33 bits per heavy atom. The molecule has 2 nitrogen and oxygen atoms in total. The van der Waals surface area contributed by atoms with Crippen LogP contribution in [-0.2, 0) is 0 Å². The van der Waals surface area contributed by atoms with Gasteiger partial charge in [0.15, 0.2) is 0 Å². The molecular weight excluding hydrogens is 186 g/mol. The normalized spacial score (nSPS) is 29.4. The molecule has 1 aliphatic carbocycles. The van der Waals surface area contributed by atoms with Crippen LogP contribution in [0.15, 0.2) is 0 Å². The average Bonchev–Trinajstić information content (AvgIpc) is 2.47. The van der Waals surface area contributed by atoms with Gasteiger partial charge < -0.3 is 10.4 Å². The fourth-order valence-electron chi connectivity index (χ4n) is 2.61. The van der Waals surface area contributed by atoms with Crippen LogP contribution in [0.3, 0.4) is 0 Å². The summed E-state index contributed by atoms with van der Waals surface area (Å²) in [5.41, 5.74) is 0.296. The smallest absolute Gasteiger partial charge is 0.0584 e. The molecule has 15 heavy (non-hydrogen) atoms. The summed E-state index contributed by atoms with van der Waals surface area (Å²) in [4.78, 5) is 0. The van der Waals surface area contributed by atoms with Crippen molar-refractivity contribution in [3.8, 4) is 0 Å². The molecule has 0 aromatic carbocycles. The summed E-state index contributed by atoms with van der Waals surface area (Å²) >= 11 is 0.